The summed E-state index contributed by atoms with van der Waals surface area (Å²) in [6.45, 7) is 1.60. The molecule has 0 saturated carbocycles. The van der Waals surface area contributed by atoms with Crippen LogP contribution in [-0.2, 0) is 9.59 Å². The lowest BCUT2D eigenvalue weighted by Gasteiger charge is -2.23. The molecule has 1 aliphatic heterocycles. The molecule has 2 rings (SSSR count). The zero-order chi connectivity index (χ0) is 15.4. The quantitative estimate of drug-likeness (QED) is 0.807. The first-order valence-corrected chi connectivity index (χ1v) is 8.10. The molecule has 2 atom stereocenters. The normalized spacial score (nSPS) is 22.1. The number of carbonyl (C=O) groups excluding carboxylic acids is 2. The average Bonchev–Trinajstić information content (AvgIpc) is 3.04. The summed E-state index contributed by atoms with van der Waals surface area (Å²) >= 11 is 1.60. The van der Waals surface area contributed by atoms with Crippen molar-refractivity contribution in [1.82, 2.24) is 15.1 Å². The van der Waals surface area contributed by atoms with Crippen molar-refractivity contribution < 1.29 is 9.59 Å². The van der Waals surface area contributed by atoms with Gasteiger partial charge >= 0.3 is 0 Å². The van der Waals surface area contributed by atoms with E-state index >= 15 is 0 Å². The largest absolute Gasteiger partial charge is 0.356 e. The second-order valence-corrected chi connectivity index (χ2v) is 6.70. The van der Waals surface area contributed by atoms with E-state index in [1.54, 1.807) is 23.3 Å². The summed E-state index contributed by atoms with van der Waals surface area (Å²) in [4.78, 5) is 29.2. The molecule has 1 fully saturated rings. The highest BCUT2D eigenvalue weighted by molar-refractivity contribution is 7.10. The first-order chi connectivity index (χ1) is 10.0. The lowest BCUT2D eigenvalue weighted by Crippen LogP contribution is -2.35. The first kappa shape index (κ1) is 16.0. The zero-order valence-electron chi connectivity index (χ0n) is 12.8. The lowest BCUT2D eigenvalue weighted by molar-refractivity contribution is -0.128. The Hall–Kier alpha value is -1.40. The Morgan fingerprint density at radius 3 is 2.90 bits per heavy atom. The highest BCUT2D eigenvalue weighted by Crippen LogP contribution is 2.38. The first-order valence-electron chi connectivity index (χ1n) is 7.22. The van der Waals surface area contributed by atoms with E-state index < -0.39 is 0 Å². The van der Waals surface area contributed by atoms with E-state index in [9.17, 15) is 9.59 Å². The predicted octanol–water partition coefficient (Wildman–Crippen LogP) is 1.34. The molecule has 1 aliphatic rings. The second-order valence-electron chi connectivity index (χ2n) is 5.72. The maximum atomic E-state index is 12.4. The Kier molecular flexibility index (Phi) is 5.36. The molecular formula is C15H23N3O2S. The summed E-state index contributed by atoms with van der Waals surface area (Å²) in [5.41, 5.74) is 0. The third-order valence-corrected chi connectivity index (χ3v) is 4.78. The van der Waals surface area contributed by atoms with Crippen molar-refractivity contribution in [2.24, 2.45) is 5.92 Å². The molecular weight excluding hydrogens is 286 g/mol. The topological polar surface area (TPSA) is 52.7 Å². The summed E-state index contributed by atoms with van der Waals surface area (Å²) < 4.78 is 0. The number of nitrogens with zero attached hydrogens (tertiary/aromatic N) is 2. The van der Waals surface area contributed by atoms with Crippen molar-refractivity contribution >= 4 is 23.2 Å². The summed E-state index contributed by atoms with van der Waals surface area (Å²) in [6.07, 6.45) is 1.22. The van der Waals surface area contributed by atoms with Crippen LogP contribution in [0.25, 0.3) is 0 Å². The maximum Gasteiger partial charge on any atom is 0.226 e. The van der Waals surface area contributed by atoms with Gasteiger partial charge in [0.1, 0.15) is 0 Å². The molecule has 5 nitrogen and oxygen atoms in total. The van der Waals surface area contributed by atoms with Gasteiger partial charge in [-0.25, -0.2) is 0 Å². The summed E-state index contributed by atoms with van der Waals surface area (Å²) in [5.74, 6) is -0.243. The summed E-state index contributed by atoms with van der Waals surface area (Å²) in [5, 5.41) is 4.96. The molecule has 6 heteroatoms. The van der Waals surface area contributed by atoms with Crippen LogP contribution in [0, 0.1) is 5.92 Å². The molecule has 2 heterocycles. The SMILES string of the molecule is CN(C)CCCNC(=O)[C@H]1CC(=O)N(C)[C@H]1c1cccs1. The van der Waals surface area contributed by atoms with Crippen LogP contribution in [0.4, 0.5) is 0 Å². The number of rotatable bonds is 6. The smallest absolute Gasteiger partial charge is 0.226 e. The minimum atomic E-state index is -0.277. The van der Waals surface area contributed by atoms with Crippen LogP contribution in [0.1, 0.15) is 23.8 Å². The van der Waals surface area contributed by atoms with E-state index in [1.165, 1.54) is 0 Å². The molecule has 0 spiro atoms. The van der Waals surface area contributed by atoms with Crippen LogP contribution in [-0.4, -0.2) is 55.8 Å². The second kappa shape index (κ2) is 7.04. The van der Waals surface area contributed by atoms with Crippen molar-refractivity contribution in [3.05, 3.63) is 22.4 Å². The van der Waals surface area contributed by atoms with Gasteiger partial charge < -0.3 is 15.1 Å². The number of hydrogen-bond acceptors (Lipinski definition) is 4. The van der Waals surface area contributed by atoms with Gasteiger partial charge in [-0.15, -0.1) is 11.3 Å². The van der Waals surface area contributed by atoms with E-state index in [1.807, 2.05) is 31.6 Å². The van der Waals surface area contributed by atoms with E-state index in [0.29, 0.717) is 13.0 Å². The fourth-order valence-electron chi connectivity index (χ4n) is 2.69. The van der Waals surface area contributed by atoms with Crippen molar-refractivity contribution in [3.8, 4) is 0 Å². The van der Waals surface area contributed by atoms with Crippen LogP contribution in [0.3, 0.4) is 0 Å². The fourth-order valence-corrected chi connectivity index (χ4v) is 3.62. The van der Waals surface area contributed by atoms with Gasteiger partial charge in [0.05, 0.1) is 12.0 Å². The number of nitrogens with one attached hydrogen (secondary N) is 1. The molecule has 0 aromatic carbocycles. The Morgan fingerprint density at radius 2 is 2.29 bits per heavy atom. The third-order valence-electron chi connectivity index (χ3n) is 3.84. The number of amides is 2. The van der Waals surface area contributed by atoms with Crippen molar-refractivity contribution in [1.29, 1.82) is 0 Å². The van der Waals surface area contributed by atoms with Crippen LogP contribution in [0.2, 0.25) is 0 Å². The van der Waals surface area contributed by atoms with E-state index in [0.717, 1.165) is 17.8 Å². The molecule has 116 valence electrons. The standard InChI is InChI=1S/C15H23N3O2S/c1-17(2)8-5-7-16-15(20)11-10-13(19)18(3)14(11)12-6-4-9-21-12/h4,6,9,11,14H,5,7-8,10H2,1-3H3,(H,16,20)/t11-,14+/m0/s1. The average molecular weight is 309 g/mol. The van der Waals surface area contributed by atoms with Crippen LogP contribution in [0.5, 0.6) is 0 Å². The lowest BCUT2D eigenvalue weighted by atomic mass is 9.98. The zero-order valence-corrected chi connectivity index (χ0v) is 13.7. The van der Waals surface area contributed by atoms with Crippen molar-refractivity contribution in [2.45, 2.75) is 18.9 Å². The summed E-state index contributed by atoms with van der Waals surface area (Å²) in [7, 11) is 5.81. The molecule has 0 aliphatic carbocycles. The van der Waals surface area contributed by atoms with Gasteiger partial charge in [0.25, 0.3) is 0 Å². The van der Waals surface area contributed by atoms with Gasteiger partial charge in [-0.1, -0.05) is 6.07 Å². The highest BCUT2D eigenvalue weighted by atomic mass is 32.1. The molecule has 1 N–H and O–H groups in total. The van der Waals surface area contributed by atoms with Gasteiger partial charge in [0, 0.05) is 24.9 Å². The van der Waals surface area contributed by atoms with Gasteiger partial charge in [-0.3, -0.25) is 9.59 Å². The van der Waals surface area contributed by atoms with E-state index in [-0.39, 0.29) is 23.8 Å². The molecule has 0 unspecified atom stereocenters. The molecule has 1 aromatic heterocycles. The maximum absolute atomic E-state index is 12.4. The molecule has 0 radical (unpaired) electrons. The molecule has 2 amide bonds. The predicted molar refractivity (Wildman–Crippen MR) is 84.1 cm³/mol. The van der Waals surface area contributed by atoms with Crippen LogP contribution in [0.15, 0.2) is 17.5 Å². The van der Waals surface area contributed by atoms with Gasteiger partial charge in [-0.2, -0.15) is 0 Å². The third kappa shape index (κ3) is 3.83. The fraction of sp³-hybridized carbons (Fsp3) is 0.600. The number of likely N-dealkylation sites (tertiary alicyclic amines) is 1. The minimum Gasteiger partial charge on any atom is -0.356 e. The number of carbonyl (C=O) groups is 2. The molecule has 0 bridgehead atoms. The number of thiophene rings is 1. The summed E-state index contributed by atoms with van der Waals surface area (Å²) in [6, 6.07) is 3.84. The molecule has 1 aromatic rings. The van der Waals surface area contributed by atoms with Gasteiger partial charge in [0.15, 0.2) is 0 Å². The highest BCUT2D eigenvalue weighted by Gasteiger charge is 2.42. The van der Waals surface area contributed by atoms with Gasteiger partial charge in [0.2, 0.25) is 11.8 Å². The minimum absolute atomic E-state index is 0.00939. The Bertz CT molecular complexity index is 487. The molecule has 21 heavy (non-hydrogen) atoms. The van der Waals surface area contributed by atoms with Crippen LogP contribution < -0.4 is 5.32 Å². The van der Waals surface area contributed by atoms with E-state index in [4.69, 9.17) is 0 Å². The van der Waals surface area contributed by atoms with Crippen molar-refractivity contribution in [3.63, 3.8) is 0 Å². The van der Waals surface area contributed by atoms with E-state index in [2.05, 4.69) is 10.2 Å². The number of hydrogen-bond donors (Lipinski definition) is 1. The monoisotopic (exact) mass is 309 g/mol. The van der Waals surface area contributed by atoms with Gasteiger partial charge in [-0.05, 0) is 38.5 Å². The Morgan fingerprint density at radius 1 is 1.52 bits per heavy atom. The molecule has 1 saturated heterocycles. The van der Waals surface area contributed by atoms with Crippen LogP contribution >= 0.6 is 11.3 Å². The Labute approximate surface area is 129 Å². The van der Waals surface area contributed by atoms with Crippen molar-refractivity contribution in [2.75, 3.05) is 34.2 Å². The Balaban J connectivity index is 1.97.